The van der Waals surface area contributed by atoms with Crippen LogP contribution in [0.5, 0.6) is 0 Å². The van der Waals surface area contributed by atoms with E-state index >= 15 is 0 Å². The predicted octanol–water partition coefficient (Wildman–Crippen LogP) is 3.97. The van der Waals surface area contributed by atoms with Crippen LogP contribution in [0.1, 0.15) is 5.56 Å². The molecule has 0 saturated carbocycles. The van der Waals surface area contributed by atoms with Crippen molar-refractivity contribution in [1.82, 2.24) is 4.98 Å². The number of nitrogens with one attached hydrogen (secondary N) is 2. The Labute approximate surface area is 134 Å². The third-order valence-corrected chi connectivity index (χ3v) is 4.01. The summed E-state index contributed by atoms with van der Waals surface area (Å²) >= 11 is 0. The highest BCUT2D eigenvalue weighted by molar-refractivity contribution is 6.76. The topological polar surface area (TPSA) is 36.4 Å². The fourth-order valence-electron chi connectivity index (χ4n) is 2.08. The van der Waals surface area contributed by atoms with Gasteiger partial charge in [0.15, 0.2) is 0 Å². The van der Waals surface area contributed by atoms with Gasteiger partial charge in [-0.3, -0.25) is 4.99 Å². The lowest BCUT2D eigenvalue weighted by Gasteiger charge is -2.21. The van der Waals surface area contributed by atoms with Gasteiger partial charge in [-0.1, -0.05) is 68.2 Å². The quantitative estimate of drug-likeness (QED) is 0.366. The average molecular weight is 312 g/mol. The Morgan fingerprint density at radius 2 is 1.50 bits per heavy atom. The lowest BCUT2D eigenvalue weighted by Crippen LogP contribution is -2.46. The minimum Gasteiger partial charge on any atom is -0.396 e. The van der Waals surface area contributed by atoms with E-state index in [4.69, 9.17) is 4.99 Å². The zero-order valence-corrected chi connectivity index (χ0v) is 14.6. The van der Waals surface area contributed by atoms with Crippen molar-refractivity contribution in [1.29, 1.82) is 0 Å². The molecule has 0 amide bonds. The van der Waals surface area contributed by atoms with E-state index in [9.17, 15) is 0 Å². The molecule has 3 nitrogen and oxygen atoms in total. The highest BCUT2D eigenvalue weighted by Crippen LogP contribution is 2.05. The minimum atomic E-state index is -1.43. The van der Waals surface area contributed by atoms with Crippen LogP contribution in [-0.4, -0.2) is 27.2 Å². The van der Waals surface area contributed by atoms with Gasteiger partial charge >= 0.3 is 0 Å². The maximum Gasteiger partial charge on any atom is 0.145 e. The molecule has 22 heavy (non-hydrogen) atoms. The van der Waals surface area contributed by atoms with Gasteiger partial charge in [0, 0.05) is 17.8 Å². The number of aliphatic imine (C=N–C) groups is 1. The van der Waals surface area contributed by atoms with Gasteiger partial charge in [0.05, 0.1) is 6.54 Å². The van der Waals surface area contributed by atoms with Crippen molar-refractivity contribution >= 4 is 19.8 Å². The van der Waals surface area contributed by atoms with Crippen molar-refractivity contribution in [3.8, 4) is 0 Å². The summed E-state index contributed by atoms with van der Waals surface area (Å²) in [5.74, 6) is 1.01. The van der Waals surface area contributed by atoms with Gasteiger partial charge in [0.2, 0.25) is 0 Å². The highest BCUT2D eigenvalue weighted by atomic mass is 28.3. The first kappa shape index (κ1) is 16.3. The van der Waals surface area contributed by atoms with Gasteiger partial charge in [-0.25, -0.2) is 0 Å². The molecule has 0 aromatic heterocycles. The molecule has 116 valence electrons. The Morgan fingerprint density at radius 3 is 2.09 bits per heavy atom. The Kier molecular flexibility index (Phi) is 5.78. The van der Waals surface area contributed by atoms with Crippen molar-refractivity contribution in [2.75, 3.05) is 18.4 Å². The monoisotopic (exact) mass is 311 g/mol. The van der Waals surface area contributed by atoms with E-state index < -0.39 is 8.24 Å². The number of amidine groups is 1. The predicted molar refractivity (Wildman–Crippen MR) is 99.3 cm³/mol. The molecule has 0 heterocycles. The van der Waals surface area contributed by atoms with Crippen molar-refractivity contribution in [2.45, 2.75) is 19.6 Å². The van der Waals surface area contributed by atoms with E-state index in [1.54, 1.807) is 0 Å². The molecule has 4 heteroatoms. The summed E-state index contributed by atoms with van der Waals surface area (Å²) in [6.45, 7) is 8.43. The van der Waals surface area contributed by atoms with E-state index in [-0.39, 0.29) is 0 Å². The maximum absolute atomic E-state index is 4.77. The third-order valence-electron chi connectivity index (χ3n) is 3.03. The molecule has 0 bridgehead atoms. The van der Waals surface area contributed by atoms with Gasteiger partial charge in [0.1, 0.15) is 14.1 Å². The summed E-state index contributed by atoms with van der Waals surface area (Å²) in [4.78, 5) is 8.40. The van der Waals surface area contributed by atoms with E-state index in [0.717, 1.165) is 30.2 Å². The second kappa shape index (κ2) is 7.80. The average Bonchev–Trinajstić information content (AvgIpc) is 2.51. The summed E-state index contributed by atoms with van der Waals surface area (Å²) in [5.41, 5.74) is 2.29. The molecule has 2 aromatic carbocycles. The maximum atomic E-state index is 4.77. The van der Waals surface area contributed by atoms with Crippen molar-refractivity contribution < 1.29 is 0 Å². The van der Waals surface area contributed by atoms with E-state index in [1.807, 2.05) is 24.3 Å². The fraction of sp³-hybridized carbons (Fsp3) is 0.278. The van der Waals surface area contributed by atoms with E-state index in [2.05, 4.69) is 66.3 Å². The molecule has 0 atom stereocenters. The van der Waals surface area contributed by atoms with Crippen LogP contribution in [0.2, 0.25) is 19.6 Å². The van der Waals surface area contributed by atoms with Gasteiger partial charge in [-0.2, -0.15) is 0 Å². The Morgan fingerprint density at radius 1 is 0.909 bits per heavy atom. The van der Waals surface area contributed by atoms with Crippen LogP contribution in [-0.2, 0) is 0 Å². The Hall–Kier alpha value is -2.07. The van der Waals surface area contributed by atoms with Crippen LogP contribution in [0.15, 0.2) is 65.7 Å². The Bertz CT molecular complexity index is 589. The van der Waals surface area contributed by atoms with Crippen LogP contribution in [0.25, 0.3) is 0 Å². The first-order chi connectivity index (χ1) is 10.5. The molecule has 2 aromatic rings. The zero-order valence-electron chi connectivity index (χ0n) is 13.6. The fourth-order valence-corrected chi connectivity index (χ4v) is 3.01. The number of para-hydroxylation sites is 1. The van der Waals surface area contributed by atoms with Crippen LogP contribution in [0, 0.1) is 0 Å². The van der Waals surface area contributed by atoms with E-state index in [0.29, 0.717) is 0 Å². The number of hydrogen-bond acceptors (Lipinski definition) is 2. The third kappa shape index (κ3) is 5.74. The summed E-state index contributed by atoms with van der Waals surface area (Å²) < 4.78 is 0. The standard InChI is InChI=1S/C18H25N3Si/c1-22(2,3)21-18(16-10-6-4-7-11-16)20-15-14-19-17-12-8-5-9-13-17/h4-13,19H,14-15H2,1-3H3,(H,20,21). The van der Waals surface area contributed by atoms with Gasteiger partial charge in [-0.15, -0.1) is 0 Å². The number of nitrogens with zero attached hydrogens (tertiary/aromatic N) is 1. The summed E-state index contributed by atoms with van der Waals surface area (Å²) in [6, 6.07) is 20.6. The minimum absolute atomic E-state index is 0.747. The van der Waals surface area contributed by atoms with E-state index in [1.165, 1.54) is 0 Å². The number of hydrogen-bond donors (Lipinski definition) is 2. The zero-order chi connectivity index (χ0) is 15.8. The van der Waals surface area contributed by atoms with Gasteiger partial charge in [-0.05, 0) is 12.1 Å². The molecule has 0 radical (unpaired) electrons. The lowest BCUT2D eigenvalue weighted by molar-refractivity contribution is 1.01. The molecule has 0 aliphatic carbocycles. The Balaban J connectivity index is 1.99. The van der Waals surface area contributed by atoms with Gasteiger partial charge in [0.25, 0.3) is 0 Å². The molecule has 0 aliphatic heterocycles. The van der Waals surface area contributed by atoms with Crippen LogP contribution < -0.4 is 10.3 Å². The molecule has 0 saturated heterocycles. The van der Waals surface area contributed by atoms with Crippen LogP contribution in [0.3, 0.4) is 0 Å². The lowest BCUT2D eigenvalue weighted by atomic mass is 10.2. The van der Waals surface area contributed by atoms with Crippen molar-refractivity contribution in [2.24, 2.45) is 4.99 Å². The van der Waals surface area contributed by atoms with Crippen LogP contribution in [0.4, 0.5) is 5.69 Å². The molecular formula is C18H25N3Si. The molecule has 0 spiro atoms. The SMILES string of the molecule is C[Si](C)(C)NC(=NCCNc1ccccc1)c1ccccc1. The molecule has 0 unspecified atom stereocenters. The number of benzene rings is 2. The number of rotatable bonds is 6. The number of anilines is 1. The molecule has 2 rings (SSSR count). The van der Waals surface area contributed by atoms with Crippen LogP contribution >= 0.6 is 0 Å². The first-order valence-corrected chi connectivity index (χ1v) is 11.2. The summed E-state index contributed by atoms with van der Waals surface area (Å²) in [6.07, 6.45) is 0. The van der Waals surface area contributed by atoms with Crippen molar-refractivity contribution in [3.63, 3.8) is 0 Å². The second-order valence-corrected chi connectivity index (χ2v) is 11.0. The largest absolute Gasteiger partial charge is 0.396 e. The molecule has 2 N–H and O–H groups in total. The second-order valence-electron chi connectivity index (χ2n) is 6.26. The van der Waals surface area contributed by atoms with Crippen molar-refractivity contribution in [3.05, 3.63) is 66.2 Å². The molecule has 0 aliphatic rings. The van der Waals surface area contributed by atoms with Gasteiger partial charge < -0.3 is 10.3 Å². The molecule has 0 fully saturated rings. The summed E-state index contributed by atoms with van der Waals surface area (Å²) in [5, 5.41) is 3.39. The highest BCUT2D eigenvalue weighted by Gasteiger charge is 2.16. The molecular weight excluding hydrogens is 286 g/mol. The smallest absolute Gasteiger partial charge is 0.145 e. The first-order valence-electron chi connectivity index (χ1n) is 7.71. The normalized spacial score (nSPS) is 12.0. The summed E-state index contributed by atoms with van der Waals surface area (Å²) in [7, 11) is -1.43.